The van der Waals surface area contributed by atoms with Gasteiger partial charge in [0.25, 0.3) is 5.56 Å². The van der Waals surface area contributed by atoms with Gasteiger partial charge < -0.3 is 14.9 Å². The Morgan fingerprint density at radius 1 is 1.39 bits per heavy atom. The first-order chi connectivity index (χ1) is 14.6. The highest BCUT2D eigenvalue weighted by molar-refractivity contribution is 8.13. The summed E-state index contributed by atoms with van der Waals surface area (Å²) in [7, 11) is -3.93. The Morgan fingerprint density at radius 2 is 2.10 bits per heavy atom. The highest BCUT2D eigenvalue weighted by Gasteiger charge is 2.49. The molecule has 14 heteroatoms. The van der Waals surface area contributed by atoms with Crippen molar-refractivity contribution in [1.29, 1.82) is 0 Å². The molecule has 5 atom stereocenters. The van der Waals surface area contributed by atoms with E-state index >= 15 is 0 Å². The normalized spacial score (nSPS) is 31.2. The van der Waals surface area contributed by atoms with Gasteiger partial charge in [-0.15, -0.1) is 0 Å². The molecule has 2 aliphatic rings. The molecule has 0 bridgehead atoms. The lowest BCUT2D eigenvalue weighted by Crippen LogP contribution is -2.36. The molecule has 2 fully saturated rings. The maximum Gasteiger partial charge on any atom is 0.474 e. The Labute approximate surface area is 181 Å². The molecule has 174 valence electrons. The Hall–Kier alpha value is -1.31. The van der Waals surface area contributed by atoms with Crippen LogP contribution in [0.25, 0.3) is 0 Å². The van der Waals surface area contributed by atoms with Crippen LogP contribution < -0.4 is 11.2 Å². The number of H-pyrrole nitrogens is 1. The van der Waals surface area contributed by atoms with Gasteiger partial charge in [-0.3, -0.25) is 32.7 Å². The van der Waals surface area contributed by atoms with Crippen molar-refractivity contribution in [1.82, 2.24) is 9.55 Å². The quantitative estimate of drug-likeness (QED) is 0.351. The molecular weight excluding hydrogens is 455 g/mol. The zero-order valence-electron chi connectivity index (χ0n) is 17.0. The molecule has 0 radical (unpaired) electrons. The summed E-state index contributed by atoms with van der Waals surface area (Å²) in [5.74, 6) is -0.466. The fraction of sp³-hybridized carbons (Fsp3) is 0.706. The van der Waals surface area contributed by atoms with Crippen molar-refractivity contribution in [3.05, 3.63) is 33.1 Å². The number of fused-ring (bicyclic) bond motifs is 1. The van der Waals surface area contributed by atoms with Gasteiger partial charge in [0.1, 0.15) is 6.10 Å². The predicted octanol–water partition coefficient (Wildman–Crippen LogP) is -0.139. The standard InChI is InChI=1S/C17H25N2O10PS/c1-17(2,9-20)15(23)31-6-5-26-30(25)27-7-10-11(8-28-30)29-14(13(10)22)19-4-3-12(21)18-16(19)24/h3-4,10-11,13-14,20,22H,5-9H2,1-2H3,(H,18,21,24)/t10-,11-,13-,14-,30+/m1/s1. The van der Waals surface area contributed by atoms with Crippen LogP contribution in [0, 0.1) is 11.3 Å². The van der Waals surface area contributed by atoms with E-state index in [-0.39, 0.29) is 37.3 Å². The van der Waals surface area contributed by atoms with E-state index in [0.29, 0.717) is 0 Å². The van der Waals surface area contributed by atoms with E-state index < -0.39 is 48.8 Å². The number of phosphoric acid groups is 1. The van der Waals surface area contributed by atoms with E-state index in [1.807, 2.05) is 0 Å². The van der Waals surface area contributed by atoms with E-state index in [0.717, 1.165) is 22.4 Å². The van der Waals surface area contributed by atoms with Gasteiger partial charge in [0, 0.05) is 23.9 Å². The smallest absolute Gasteiger partial charge is 0.395 e. The summed E-state index contributed by atoms with van der Waals surface area (Å²) in [5.41, 5.74) is -2.20. The highest BCUT2D eigenvalue weighted by atomic mass is 32.2. The van der Waals surface area contributed by atoms with Crippen LogP contribution in [0.3, 0.4) is 0 Å². The second kappa shape index (κ2) is 9.67. The molecule has 0 amide bonds. The lowest BCUT2D eigenvalue weighted by Gasteiger charge is -2.21. The monoisotopic (exact) mass is 480 g/mol. The Morgan fingerprint density at radius 3 is 2.77 bits per heavy atom. The van der Waals surface area contributed by atoms with Gasteiger partial charge in [-0.2, -0.15) is 0 Å². The minimum atomic E-state index is -3.93. The number of carbonyl (C=O) groups excluding carboxylic acids is 1. The fourth-order valence-corrected chi connectivity index (χ4v) is 5.17. The lowest BCUT2D eigenvalue weighted by molar-refractivity contribution is -0.119. The molecule has 2 aliphatic heterocycles. The summed E-state index contributed by atoms with van der Waals surface area (Å²) >= 11 is 0.939. The average molecular weight is 480 g/mol. The Kier molecular flexibility index (Phi) is 7.59. The molecule has 12 nitrogen and oxygen atoms in total. The van der Waals surface area contributed by atoms with Crippen molar-refractivity contribution < 1.29 is 37.9 Å². The number of aliphatic hydroxyl groups is 2. The first-order valence-corrected chi connectivity index (χ1v) is 12.0. The largest absolute Gasteiger partial charge is 0.474 e. The van der Waals surface area contributed by atoms with E-state index in [2.05, 4.69) is 4.98 Å². The molecule has 0 saturated carbocycles. The van der Waals surface area contributed by atoms with Crippen LogP contribution in [-0.4, -0.2) is 69.3 Å². The number of phosphoric ester groups is 1. The van der Waals surface area contributed by atoms with Crippen LogP contribution in [0.5, 0.6) is 0 Å². The maximum absolute atomic E-state index is 12.7. The SMILES string of the molecule is CC(C)(CO)C(=O)SCCO[P@@]1(=O)OC[C@H]2[C@@H](O)[C@H](n3ccc(=O)[nH]c3=O)O[C@@H]2CO1. The van der Waals surface area contributed by atoms with Gasteiger partial charge in [0.15, 0.2) is 11.3 Å². The molecule has 31 heavy (non-hydrogen) atoms. The van der Waals surface area contributed by atoms with Gasteiger partial charge in [-0.05, 0) is 13.8 Å². The van der Waals surface area contributed by atoms with Crippen LogP contribution in [0.1, 0.15) is 20.1 Å². The predicted molar refractivity (Wildman–Crippen MR) is 109 cm³/mol. The zero-order valence-corrected chi connectivity index (χ0v) is 18.7. The lowest BCUT2D eigenvalue weighted by atomic mass is 9.97. The molecule has 1 aromatic rings. The van der Waals surface area contributed by atoms with Gasteiger partial charge in [-0.1, -0.05) is 11.8 Å². The number of thioether (sulfide) groups is 1. The van der Waals surface area contributed by atoms with Crippen molar-refractivity contribution >= 4 is 24.7 Å². The topological polar surface area (TPSA) is 166 Å². The summed E-state index contributed by atoms with van der Waals surface area (Å²) in [4.78, 5) is 37.3. The molecule has 0 aliphatic carbocycles. The average Bonchev–Trinajstić information content (AvgIpc) is 2.93. The number of aromatic nitrogens is 2. The van der Waals surface area contributed by atoms with Crippen molar-refractivity contribution in [3.8, 4) is 0 Å². The van der Waals surface area contributed by atoms with Crippen LogP contribution in [-0.2, 0) is 27.7 Å². The Balaban J connectivity index is 1.55. The number of ether oxygens (including phenoxy) is 1. The summed E-state index contributed by atoms with van der Waals surface area (Å²) in [6.07, 6.45) is -1.76. The van der Waals surface area contributed by atoms with Gasteiger partial charge >= 0.3 is 13.5 Å². The minimum Gasteiger partial charge on any atom is -0.395 e. The number of aliphatic hydroxyl groups excluding tert-OH is 2. The molecule has 3 heterocycles. The molecule has 3 rings (SSSR count). The number of hydrogen-bond acceptors (Lipinski definition) is 11. The molecule has 0 aromatic carbocycles. The summed E-state index contributed by atoms with van der Waals surface area (Å²) in [6, 6.07) is 1.13. The highest BCUT2D eigenvalue weighted by Crippen LogP contribution is 2.53. The third kappa shape index (κ3) is 5.55. The Bertz CT molecular complexity index is 963. The number of nitrogens with one attached hydrogen (secondary N) is 1. The van der Waals surface area contributed by atoms with Crippen molar-refractivity contribution in [2.24, 2.45) is 11.3 Å². The molecule has 3 N–H and O–H groups in total. The number of nitrogens with zero attached hydrogens (tertiary/aromatic N) is 1. The first kappa shape index (κ1) is 24.3. The van der Waals surface area contributed by atoms with E-state index in [1.54, 1.807) is 13.8 Å². The van der Waals surface area contributed by atoms with Crippen LogP contribution in [0.2, 0.25) is 0 Å². The molecule has 2 saturated heterocycles. The summed E-state index contributed by atoms with van der Waals surface area (Å²) in [5, 5.41) is 19.6. The van der Waals surface area contributed by atoms with Crippen LogP contribution in [0.15, 0.2) is 21.9 Å². The summed E-state index contributed by atoms with van der Waals surface area (Å²) < 4.78 is 35.3. The third-order valence-electron chi connectivity index (χ3n) is 4.98. The van der Waals surface area contributed by atoms with Gasteiger partial charge in [-0.25, -0.2) is 9.36 Å². The molecule has 1 aromatic heterocycles. The van der Waals surface area contributed by atoms with E-state index in [4.69, 9.17) is 18.3 Å². The molecule has 0 spiro atoms. The number of aromatic amines is 1. The van der Waals surface area contributed by atoms with Gasteiger partial charge in [0.05, 0.1) is 37.9 Å². The second-order valence-corrected chi connectivity index (χ2v) is 10.5. The number of rotatable bonds is 7. The molecule has 0 unspecified atom stereocenters. The van der Waals surface area contributed by atoms with Crippen molar-refractivity contribution in [3.63, 3.8) is 0 Å². The van der Waals surface area contributed by atoms with Crippen LogP contribution >= 0.6 is 19.6 Å². The fourth-order valence-electron chi connectivity index (χ4n) is 3.02. The van der Waals surface area contributed by atoms with Crippen molar-refractivity contribution in [2.75, 3.05) is 32.2 Å². The van der Waals surface area contributed by atoms with Crippen LogP contribution in [0.4, 0.5) is 0 Å². The van der Waals surface area contributed by atoms with Gasteiger partial charge in [0.2, 0.25) is 0 Å². The van der Waals surface area contributed by atoms with E-state index in [9.17, 15) is 29.2 Å². The van der Waals surface area contributed by atoms with Crippen molar-refractivity contribution in [2.45, 2.75) is 32.3 Å². The minimum absolute atomic E-state index is 0.0939. The maximum atomic E-state index is 12.7. The molecular formula is C17H25N2O10PS. The second-order valence-electron chi connectivity index (χ2n) is 7.79. The number of hydrogen-bond donors (Lipinski definition) is 3. The van der Waals surface area contributed by atoms with E-state index in [1.165, 1.54) is 6.20 Å². The first-order valence-electron chi connectivity index (χ1n) is 9.53. The zero-order chi connectivity index (χ0) is 22.8. The summed E-state index contributed by atoms with van der Waals surface area (Å²) in [6.45, 7) is 2.42. The number of carbonyl (C=O) groups is 1. The third-order valence-corrected chi connectivity index (χ3v) is 7.60.